The first-order chi connectivity index (χ1) is 6.15. The predicted molar refractivity (Wildman–Crippen MR) is 43.3 cm³/mol. The molecule has 0 spiro atoms. The van der Waals surface area contributed by atoms with Gasteiger partial charge in [0.15, 0.2) is 5.57 Å². The van der Waals surface area contributed by atoms with E-state index in [4.69, 9.17) is 5.26 Å². The quantitative estimate of drug-likeness (QED) is 0.343. The van der Waals surface area contributed by atoms with E-state index in [1.54, 1.807) is 6.07 Å². The van der Waals surface area contributed by atoms with E-state index in [-0.39, 0.29) is 5.57 Å². The number of carbonyl (C=O) groups excluding carboxylic acids is 2. The third-order valence-corrected chi connectivity index (χ3v) is 1.10. The molecule has 0 aliphatic heterocycles. The number of hydrogen-bond donors (Lipinski definition) is 2. The van der Waals surface area contributed by atoms with Gasteiger partial charge in [0.2, 0.25) is 0 Å². The summed E-state index contributed by atoms with van der Waals surface area (Å²) in [7, 11) is 2.56. The summed E-state index contributed by atoms with van der Waals surface area (Å²) in [4.78, 5) is 21.4. The Bertz CT molecular complexity index is 277. The Balaban J connectivity index is 4.34. The van der Waals surface area contributed by atoms with E-state index in [0.717, 1.165) is 13.3 Å². The molecule has 13 heavy (non-hydrogen) atoms. The average molecular weight is 183 g/mol. The largest absolute Gasteiger partial charge is 0.465 e. The van der Waals surface area contributed by atoms with Crippen molar-refractivity contribution in [1.29, 1.82) is 5.26 Å². The number of nitrogens with zero attached hydrogens (tertiary/aromatic N) is 1. The summed E-state index contributed by atoms with van der Waals surface area (Å²) in [6.07, 6.45) is 0.977. The van der Waals surface area contributed by atoms with Crippen molar-refractivity contribution in [2.45, 2.75) is 0 Å². The van der Waals surface area contributed by atoms with Crippen LogP contribution in [0.25, 0.3) is 0 Å². The second-order valence-electron chi connectivity index (χ2n) is 1.88. The molecule has 0 aromatic carbocycles. The molecule has 0 rings (SSSR count). The molecule has 0 aromatic rings. The number of amides is 2. The monoisotopic (exact) mass is 183 g/mol. The summed E-state index contributed by atoms with van der Waals surface area (Å²) in [6.45, 7) is 0. The highest BCUT2D eigenvalue weighted by Crippen LogP contribution is 1.92. The maximum absolute atomic E-state index is 10.8. The third kappa shape index (κ3) is 3.76. The van der Waals surface area contributed by atoms with Crippen molar-refractivity contribution in [3.63, 3.8) is 0 Å². The molecular formula is C7H9N3O3. The Labute approximate surface area is 75.2 Å². The summed E-state index contributed by atoms with van der Waals surface area (Å²) in [6, 6.07) is 1.06. The van der Waals surface area contributed by atoms with Crippen molar-refractivity contribution in [3.8, 4) is 6.07 Å². The van der Waals surface area contributed by atoms with Crippen LogP contribution in [0.5, 0.6) is 0 Å². The Morgan fingerprint density at radius 3 is 2.54 bits per heavy atom. The molecule has 0 unspecified atom stereocenters. The van der Waals surface area contributed by atoms with Crippen LogP contribution in [0.2, 0.25) is 0 Å². The smallest absolute Gasteiger partial charge is 0.350 e. The summed E-state index contributed by atoms with van der Waals surface area (Å²) in [5.74, 6) is -0.793. The Morgan fingerprint density at radius 1 is 1.54 bits per heavy atom. The van der Waals surface area contributed by atoms with Crippen LogP contribution in [-0.4, -0.2) is 26.2 Å². The van der Waals surface area contributed by atoms with Crippen LogP contribution in [0, 0.1) is 11.3 Å². The maximum Gasteiger partial charge on any atom is 0.350 e. The van der Waals surface area contributed by atoms with Crippen LogP contribution in [0.15, 0.2) is 11.8 Å². The first-order valence-electron chi connectivity index (χ1n) is 3.32. The van der Waals surface area contributed by atoms with Crippen molar-refractivity contribution in [3.05, 3.63) is 11.8 Å². The minimum Gasteiger partial charge on any atom is -0.465 e. The van der Waals surface area contributed by atoms with Gasteiger partial charge in [0.1, 0.15) is 6.07 Å². The molecule has 70 valence electrons. The number of urea groups is 1. The molecule has 0 saturated carbocycles. The van der Waals surface area contributed by atoms with Gasteiger partial charge >= 0.3 is 12.0 Å². The molecule has 0 bridgehead atoms. The number of carbonyl (C=O) groups is 2. The van der Waals surface area contributed by atoms with Gasteiger partial charge < -0.3 is 15.4 Å². The second-order valence-corrected chi connectivity index (χ2v) is 1.88. The highest BCUT2D eigenvalue weighted by atomic mass is 16.5. The van der Waals surface area contributed by atoms with Crippen LogP contribution >= 0.6 is 0 Å². The van der Waals surface area contributed by atoms with Crippen LogP contribution in [0.4, 0.5) is 4.79 Å². The number of hydrogen-bond acceptors (Lipinski definition) is 4. The van der Waals surface area contributed by atoms with Gasteiger partial charge in [-0.2, -0.15) is 5.26 Å². The van der Waals surface area contributed by atoms with E-state index in [1.165, 1.54) is 7.05 Å². The molecule has 0 radical (unpaired) electrons. The van der Waals surface area contributed by atoms with E-state index in [0.29, 0.717) is 0 Å². The van der Waals surface area contributed by atoms with E-state index in [9.17, 15) is 9.59 Å². The first-order valence-corrected chi connectivity index (χ1v) is 3.32. The number of nitrogens with one attached hydrogen (secondary N) is 2. The van der Waals surface area contributed by atoms with E-state index >= 15 is 0 Å². The van der Waals surface area contributed by atoms with Crippen molar-refractivity contribution in [2.75, 3.05) is 14.2 Å². The number of nitriles is 1. The lowest BCUT2D eigenvalue weighted by Gasteiger charge is -1.98. The van der Waals surface area contributed by atoms with Gasteiger partial charge in [-0.05, 0) is 0 Å². The summed E-state index contributed by atoms with van der Waals surface area (Å²) < 4.78 is 4.27. The topological polar surface area (TPSA) is 91.2 Å². The molecule has 0 fully saturated rings. The molecule has 6 nitrogen and oxygen atoms in total. The summed E-state index contributed by atoms with van der Waals surface area (Å²) in [5, 5.41) is 12.8. The van der Waals surface area contributed by atoms with Gasteiger partial charge in [-0.15, -0.1) is 0 Å². The zero-order valence-corrected chi connectivity index (χ0v) is 7.25. The molecule has 0 aliphatic carbocycles. The van der Waals surface area contributed by atoms with Crippen LogP contribution in [0.1, 0.15) is 0 Å². The lowest BCUT2D eigenvalue weighted by Crippen LogP contribution is -2.29. The average Bonchev–Trinajstić information content (AvgIpc) is 2.17. The normalized spacial score (nSPS) is 9.77. The molecule has 2 amide bonds. The molecule has 0 heterocycles. The Hall–Kier alpha value is -2.03. The predicted octanol–water partition coefficient (Wildman–Crippen LogP) is -0.504. The van der Waals surface area contributed by atoms with Crippen LogP contribution in [-0.2, 0) is 9.53 Å². The fourth-order valence-electron chi connectivity index (χ4n) is 0.457. The number of esters is 1. The third-order valence-electron chi connectivity index (χ3n) is 1.10. The standard InChI is InChI=1S/C7H9N3O3/c1-9-7(12)10-4-5(3-8)6(11)13-2/h4H,1-2H3,(H2,9,10,12). The molecule has 2 N–H and O–H groups in total. The second kappa shape index (κ2) is 5.60. The number of rotatable bonds is 2. The first kappa shape index (κ1) is 11.0. The SMILES string of the molecule is CNC(=O)NC=C(C#N)C(=O)OC. The van der Waals surface area contributed by atoms with Crippen molar-refractivity contribution < 1.29 is 14.3 Å². The molecule has 0 aliphatic rings. The van der Waals surface area contributed by atoms with Crippen LogP contribution in [0.3, 0.4) is 0 Å². The van der Waals surface area contributed by atoms with Gasteiger partial charge in [0.05, 0.1) is 7.11 Å². The van der Waals surface area contributed by atoms with Crippen molar-refractivity contribution in [1.82, 2.24) is 10.6 Å². The summed E-state index contributed by atoms with van der Waals surface area (Å²) >= 11 is 0. The van der Waals surface area contributed by atoms with Gasteiger partial charge in [-0.3, -0.25) is 0 Å². The van der Waals surface area contributed by atoms with Gasteiger partial charge in [0.25, 0.3) is 0 Å². The lowest BCUT2D eigenvalue weighted by molar-refractivity contribution is -0.135. The Kier molecular flexibility index (Phi) is 4.72. The minimum absolute atomic E-state index is 0.272. The van der Waals surface area contributed by atoms with Gasteiger partial charge in [-0.1, -0.05) is 0 Å². The number of ether oxygens (including phenoxy) is 1. The van der Waals surface area contributed by atoms with Crippen molar-refractivity contribution >= 4 is 12.0 Å². The number of methoxy groups -OCH3 is 1. The molecule has 0 saturated heterocycles. The Morgan fingerprint density at radius 2 is 2.15 bits per heavy atom. The minimum atomic E-state index is -0.793. The fraction of sp³-hybridized carbons (Fsp3) is 0.286. The van der Waals surface area contributed by atoms with E-state index in [2.05, 4.69) is 15.4 Å². The molecule has 0 aromatic heterocycles. The maximum atomic E-state index is 10.8. The van der Waals surface area contributed by atoms with Gasteiger partial charge in [-0.25, -0.2) is 9.59 Å². The molecule has 6 heteroatoms. The molecule has 0 atom stereocenters. The lowest BCUT2D eigenvalue weighted by atomic mass is 10.3. The summed E-state index contributed by atoms with van der Waals surface area (Å²) in [5.41, 5.74) is -0.272. The van der Waals surface area contributed by atoms with E-state index in [1.807, 2.05) is 0 Å². The molecular weight excluding hydrogens is 174 g/mol. The van der Waals surface area contributed by atoms with E-state index < -0.39 is 12.0 Å². The zero-order valence-electron chi connectivity index (χ0n) is 7.25. The van der Waals surface area contributed by atoms with Gasteiger partial charge in [0, 0.05) is 13.2 Å². The zero-order chi connectivity index (χ0) is 10.3. The van der Waals surface area contributed by atoms with Crippen LogP contribution < -0.4 is 10.6 Å². The highest BCUT2D eigenvalue weighted by molar-refractivity contribution is 5.93. The van der Waals surface area contributed by atoms with Crippen molar-refractivity contribution in [2.24, 2.45) is 0 Å². The highest BCUT2D eigenvalue weighted by Gasteiger charge is 2.08. The fourth-order valence-corrected chi connectivity index (χ4v) is 0.457.